The quantitative estimate of drug-likeness (QED) is 0.612. The average molecular weight is 340 g/mol. The van der Waals surface area contributed by atoms with Crippen LogP contribution in [-0.2, 0) is 6.61 Å². The topological polar surface area (TPSA) is 71.8 Å². The van der Waals surface area contributed by atoms with Crippen molar-refractivity contribution in [3.63, 3.8) is 0 Å². The van der Waals surface area contributed by atoms with E-state index in [9.17, 15) is 5.11 Å². The number of rotatable bonds is 4. The maximum atomic E-state index is 9.59. The molecule has 4 aromatic rings. The molecule has 0 saturated carbocycles. The lowest BCUT2D eigenvalue weighted by molar-refractivity contribution is 0.277. The molecule has 4 rings (SSSR count). The minimum atomic E-state index is -0.157. The summed E-state index contributed by atoms with van der Waals surface area (Å²) in [4.78, 5) is 18.1. The van der Waals surface area contributed by atoms with Gasteiger partial charge in [-0.1, -0.05) is 42.5 Å². The largest absolute Gasteiger partial charge is 0.390 e. The van der Waals surface area contributed by atoms with Crippen molar-refractivity contribution in [3.05, 3.63) is 84.7 Å². The first-order valence-corrected chi connectivity index (χ1v) is 8.26. The van der Waals surface area contributed by atoms with Gasteiger partial charge < -0.3 is 5.11 Å². The van der Waals surface area contributed by atoms with Crippen LogP contribution in [0.4, 0.5) is 0 Å². The van der Waals surface area contributed by atoms with Gasteiger partial charge in [-0.2, -0.15) is 0 Å². The van der Waals surface area contributed by atoms with Crippen LogP contribution in [0.15, 0.2) is 79.0 Å². The minimum Gasteiger partial charge on any atom is -0.390 e. The Labute approximate surface area is 151 Å². The van der Waals surface area contributed by atoms with Crippen molar-refractivity contribution in [2.75, 3.05) is 0 Å². The van der Waals surface area contributed by atoms with Crippen LogP contribution in [0.3, 0.4) is 0 Å². The van der Waals surface area contributed by atoms with Crippen molar-refractivity contribution in [2.24, 2.45) is 0 Å². The van der Waals surface area contributed by atoms with Gasteiger partial charge in [0.2, 0.25) is 0 Å². The van der Waals surface area contributed by atoms with E-state index in [1.807, 2.05) is 66.7 Å². The zero-order valence-electron chi connectivity index (χ0n) is 13.9. The SMILES string of the molecule is OCc1cc(-c2cccc(-c3ccccn3)n2)nc(-c2ccccc2)n1. The van der Waals surface area contributed by atoms with E-state index >= 15 is 0 Å². The second-order valence-electron chi connectivity index (χ2n) is 5.72. The average Bonchev–Trinajstić information content (AvgIpc) is 2.75. The Balaban J connectivity index is 1.81. The van der Waals surface area contributed by atoms with Crippen molar-refractivity contribution in [1.82, 2.24) is 19.9 Å². The molecule has 1 N–H and O–H groups in total. The molecule has 26 heavy (non-hydrogen) atoms. The second kappa shape index (κ2) is 7.21. The summed E-state index contributed by atoms with van der Waals surface area (Å²) < 4.78 is 0. The Hall–Kier alpha value is -3.44. The smallest absolute Gasteiger partial charge is 0.160 e. The van der Waals surface area contributed by atoms with Crippen LogP contribution in [0.1, 0.15) is 5.69 Å². The van der Waals surface area contributed by atoms with Crippen molar-refractivity contribution in [3.8, 4) is 34.2 Å². The Morgan fingerprint density at radius 3 is 2.12 bits per heavy atom. The first-order chi connectivity index (χ1) is 12.8. The standard InChI is InChI=1S/C21H16N4O/c26-14-16-13-20(25-21(23-16)15-7-2-1-3-8-15)19-11-6-10-18(24-19)17-9-4-5-12-22-17/h1-13,26H,14H2. The third-order valence-electron chi connectivity index (χ3n) is 3.91. The van der Waals surface area contributed by atoms with Crippen molar-refractivity contribution in [2.45, 2.75) is 6.61 Å². The summed E-state index contributed by atoms with van der Waals surface area (Å²) in [6.45, 7) is -0.157. The van der Waals surface area contributed by atoms with E-state index < -0.39 is 0 Å². The number of aromatic nitrogens is 4. The molecule has 5 nitrogen and oxygen atoms in total. The molecule has 0 bridgehead atoms. The van der Waals surface area contributed by atoms with Crippen LogP contribution in [0.5, 0.6) is 0 Å². The van der Waals surface area contributed by atoms with Crippen LogP contribution in [0.2, 0.25) is 0 Å². The first kappa shape index (κ1) is 16.1. The molecule has 0 radical (unpaired) electrons. The monoisotopic (exact) mass is 340 g/mol. The number of hydrogen-bond donors (Lipinski definition) is 1. The zero-order chi connectivity index (χ0) is 17.8. The van der Waals surface area contributed by atoms with Gasteiger partial charge in [-0.15, -0.1) is 0 Å². The van der Waals surface area contributed by atoms with Crippen LogP contribution in [0.25, 0.3) is 34.2 Å². The van der Waals surface area contributed by atoms with E-state index in [4.69, 9.17) is 0 Å². The molecule has 3 heterocycles. The maximum Gasteiger partial charge on any atom is 0.160 e. The molecule has 0 aliphatic rings. The Bertz CT molecular complexity index is 1020. The molecule has 0 atom stereocenters. The molecule has 0 saturated heterocycles. The number of hydrogen-bond acceptors (Lipinski definition) is 5. The van der Waals surface area contributed by atoms with Gasteiger partial charge in [-0.05, 0) is 30.3 Å². The lowest BCUT2D eigenvalue weighted by Gasteiger charge is -2.08. The predicted molar refractivity (Wildman–Crippen MR) is 99.9 cm³/mol. The summed E-state index contributed by atoms with van der Waals surface area (Å²) in [5.41, 5.74) is 4.40. The highest BCUT2D eigenvalue weighted by Crippen LogP contribution is 2.23. The van der Waals surface area contributed by atoms with Crippen LogP contribution < -0.4 is 0 Å². The fourth-order valence-electron chi connectivity index (χ4n) is 2.66. The lowest BCUT2D eigenvalue weighted by Crippen LogP contribution is -1.99. The zero-order valence-corrected chi connectivity index (χ0v) is 13.9. The van der Waals surface area contributed by atoms with Crippen molar-refractivity contribution >= 4 is 0 Å². The normalized spacial score (nSPS) is 10.7. The van der Waals surface area contributed by atoms with Crippen LogP contribution in [0, 0.1) is 0 Å². The molecule has 0 aliphatic heterocycles. The van der Waals surface area contributed by atoms with Crippen LogP contribution in [-0.4, -0.2) is 25.0 Å². The highest BCUT2D eigenvalue weighted by molar-refractivity contribution is 5.64. The third-order valence-corrected chi connectivity index (χ3v) is 3.91. The van der Waals surface area contributed by atoms with Crippen molar-refractivity contribution in [1.29, 1.82) is 0 Å². The fraction of sp³-hybridized carbons (Fsp3) is 0.0476. The molecule has 3 aromatic heterocycles. The predicted octanol–water partition coefficient (Wildman–Crippen LogP) is 3.76. The van der Waals surface area contributed by atoms with Gasteiger partial charge in [-0.3, -0.25) is 4.98 Å². The summed E-state index contributed by atoms with van der Waals surface area (Å²) in [6.07, 6.45) is 1.74. The molecule has 0 amide bonds. The van der Waals surface area contributed by atoms with Crippen LogP contribution >= 0.6 is 0 Å². The molecule has 0 fully saturated rings. The number of aliphatic hydroxyl groups is 1. The van der Waals surface area contributed by atoms with E-state index in [1.54, 1.807) is 12.3 Å². The Morgan fingerprint density at radius 1 is 0.654 bits per heavy atom. The highest BCUT2D eigenvalue weighted by Gasteiger charge is 2.10. The van der Waals surface area contributed by atoms with Crippen molar-refractivity contribution < 1.29 is 5.11 Å². The van der Waals surface area contributed by atoms with Gasteiger partial charge in [0.05, 0.1) is 35.1 Å². The summed E-state index contributed by atoms with van der Waals surface area (Å²) in [7, 11) is 0. The minimum absolute atomic E-state index is 0.157. The molecule has 1 aromatic carbocycles. The lowest BCUT2D eigenvalue weighted by atomic mass is 10.1. The van der Waals surface area contributed by atoms with E-state index in [1.165, 1.54) is 0 Å². The Morgan fingerprint density at radius 2 is 1.38 bits per heavy atom. The highest BCUT2D eigenvalue weighted by atomic mass is 16.3. The van der Waals surface area contributed by atoms with E-state index in [0.29, 0.717) is 22.9 Å². The maximum absolute atomic E-state index is 9.59. The summed E-state index contributed by atoms with van der Waals surface area (Å²) in [6, 6.07) is 22.9. The second-order valence-corrected chi connectivity index (χ2v) is 5.72. The summed E-state index contributed by atoms with van der Waals surface area (Å²) >= 11 is 0. The van der Waals surface area contributed by atoms with Gasteiger partial charge in [0.15, 0.2) is 5.82 Å². The third kappa shape index (κ3) is 3.34. The number of aliphatic hydroxyl groups excluding tert-OH is 1. The molecular formula is C21H16N4O. The van der Waals surface area contributed by atoms with E-state index in [0.717, 1.165) is 17.0 Å². The summed E-state index contributed by atoms with van der Waals surface area (Å²) in [5, 5.41) is 9.59. The molecule has 0 spiro atoms. The van der Waals surface area contributed by atoms with Gasteiger partial charge in [0, 0.05) is 11.8 Å². The molecule has 0 unspecified atom stereocenters. The van der Waals surface area contributed by atoms with Gasteiger partial charge >= 0.3 is 0 Å². The number of nitrogens with zero attached hydrogens (tertiary/aromatic N) is 4. The Kier molecular flexibility index (Phi) is 4.45. The van der Waals surface area contributed by atoms with Gasteiger partial charge in [0.1, 0.15) is 0 Å². The van der Waals surface area contributed by atoms with Gasteiger partial charge in [0.25, 0.3) is 0 Å². The fourth-order valence-corrected chi connectivity index (χ4v) is 2.66. The summed E-state index contributed by atoms with van der Waals surface area (Å²) in [5.74, 6) is 0.567. The molecule has 126 valence electrons. The first-order valence-electron chi connectivity index (χ1n) is 8.26. The number of benzene rings is 1. The molecular weight excluding hydrogens is 324 g/mol. The molecule has 5 heteroatoms. The van der Waals surface area contributed by atoms with E-state index in [2.05, 4.69) is 19.9 Å². The van der Waals surface area contributed by atoms with Gasteiger partial charge in [-0.25, -0.2) is 15.0 Å². The molecule has 0 aliphatic carbocycles. The number of pyridine rings is 2. The van der Waals surface area contributed by atoms with E-state index in [-0.39, 0.29) is 6.61 Å².